The molecule has 7 atom stereocenters. The van der Waals surface area contributed by atoms with E-state index in [2.05, 4.69) is 25.4 Å². The van der Waals surface area contributed by atoms with Gasteiger partial charge in [0.1, 0.15) is 11.8 Å². The predicted octanol–water partition coefficient (Wildman–Crippen LogP) is 2.23. The molecule has 0 radical (unpaired) electrons. The minimum absolute atomic E-state index is 0.0136. The van der Waals surface area contributed by atoms with Crippen LogP contribution in [0.4, 0.5) is 20.5 Å². The highest BCUT2D eigenvalue weighted by molar-refractivity contribution is 7.52. The summed E-state index contributed by atoms with van der Waals surface area (Å²) in [5.74, 6) is -3.87. The highest BCUT2D eigenvalue weighted by Crippen LogP contribution is 2.73. The van der Waals surface area contributed by atoms with Crippen LogP contribution in [0.2, 0.25) is 0 Å². The monoisotopic (exact) mass is 583 g/mol. The molecule has 2 aromatic heterocycles. The summed E-state index contributed by atoms with van der Waals surface area (Å²) in [6.07, 6.45) is -2.77. The average Bonchev–Trinajstić information content (AvgIpc) is 3.14. The molecule has 1 aliphatic heterocycles. The average molecular weight is 583 g/mol. The van der Waals surface area contributed by atoms with Crippen LogP contribution >= 0.6 is 7.75 Å². The van der Waals surface area contributed by atoms with Gasteiger partial charge in [-0.25, -0.2) is 18.3 Å². The van der Waals surface area contributed by atoms with E-state index in [1.807, 2.05) is 0 Å². The lowest BCUT2D eigenvalue weighted by atomic mass is 9.97. The molecule has 0 spiro atoms. The molecule has 17 heteroatoms. The number of nitrogen functional groups attached to an aromatic ring is 1. The first-order valence-corrected chi connectivity index (χ1v) is 13.8. The number of aromatic nitrogens is 4. The topological polar surface area (TPSA) is 185 Å². The van der Waals surface area contributed by atoms with E-state index in [9.17, 15) is 14.5 Å². The number of benzene rings is 1. The van der Waals surface area contributed by atoms with Crippen LogP contribution in [0.5, 0.6) is 5.75 Å². The summed E-state index contributed by atoms with van der Waals surface area (Å²) in [6, 6.07) is 6.43. The number of esters is 1. The number of carbonyl (C=O) groups is 1. The lowest BCUT2D eigenvalue weighted by molar-refractivity contribution is -0.156. The van der Waals surface area contributed by atoms with Gasteiger partial charge >= 0.3 is 13.7 Å². The Morgan fingerprint density at radius 2 is 2.02 bits per heavy atom. The van der Waals surface area contributed by atoms with Crippen LogP contribution in [-0.4, -0.2) is 73.5 Å². The molecule has 1 aliphatic carbocycles. The maximum absolute atomic E-state index is 16.4. The highest BCUT2D eigenvalue weighted by atomic mass is 31.2. The molecule has 5 rings (SSSR count). The Morgan fingerprint density at radius 1 is 1.32 bits per heavy atom. The SMILES string of the molecule is CCOC(=O)[C@H](C)N[P@@](=O)(Oc1ccccc1)O[C@H]1[C@]2(O)[C@@](C)(F)[C@H](n3cnc4c(NC)nc(N)nc43)O[C@]12F. The first-order valence-electron chi connectivity index (χ1n) is 12.2. The smallest absolute Gasteiger partial charge is 0.460 e. The summed E-state index contributed by atoms with van der Waals surface area (Å²) in [5, 5.41) is 16.4. The molecule has 0 amide bonds. The fourth-order valence-corrected chi connectivity index (χ4v) is 6.41. The van der Waals surface area contributed by atoms with Gasteiger partial charge in [-0.05, 0) is 32.9 Å². The lowest BCUT2D eigenvalue weighted by Crippen LogP contribution is -2.45. The Morgan fingerprint density at radius 3 is 2.62 bits per heavy atom. The molecule has 2 aliphatic rings. The van der Waals surface area contributed by atoms with Crippen molar-refractivity contribution in [3.63, 3.8) is 0 Å². The molecular formula is C23H28F2N7O7P. The van der Waals surface area contributed by atoms with Crippen molar-refractivity contribution in [2.24, 2.45) is 0 Å². The molecule has 1 saturated carbocycles. The number of rotatable bonds is 10. The number of halogens is 2. The largest absolute Gasteiger partial charge is 0.465 e. The summed E-state index contributed by atoms with van der Waals surface area (Å²) in [5.41, 5.74) is 0.128. The van der Waals surface area contributed by atoms with Gasteiger partial charge in [-0.2, -0.15) is 15.1 Å². The van der Waals surface area contributed by atoms with Crippen molar-refractivity contribution in [3.05, 3.63) is 36.7 Å². The number of fused-ring (bicyclic) bond motifs is 2. The van der Waals surface area contributed by atoms with E-state index in [0.29, 0.717) is 0 Å². The zero-order valence-corrected chi connectivity index (χ0v) is 22.8. The van der Waals surface area contributed by atoms with Crippen molar-refractivity contribution >= 4 is 36.6 Å². The number of alkyl halides is 2. The van der Waals surface area contributed by atoms with Crippen LogP contribution < -0.4 is 20.7 Å². The minimum atomic E-state index is -4.66. The van der Waals surface area contributed by atoms with E-state index in [1.165, 1.54) is 19.1 Å². The van der Waals surface area contributed by atoms with Gasteiger partial charge in [0.2, 0.25) is 5.95 Å². The lowest BCUT2D eigenvalue weighted by Gasteiger charge is -2.31. The second-order valence-corrected chi connectivity index (χ2v) is 11.1. The number of hydrogen-bond acceptors (Lipinski definition) is 12. The van der Waals surface area contributed by atoms with E-state index >= 15 is 8.78 Å². The Labute approximate surface area is 226 Å². The Balaban J connectivity index is 1.45. The Hall–Kier alpha value is -3.43. The van der Waals surface area contributed by atoms with Crippen molar-refractivity contribution in [1.82, 2.24) is 24.6 Å². The zero-order chi connectivity index (χ0) is 29.1. The van der Waals surface area contributed by atoms with Crippen molar-refractivity contribution in [1.29, 1.82) is 0 Å². The Bertz CT molecular complexity index is 1490. The second-order valence-electron chi connectivity index (χ2n) is 9.45. The summed E-state index contributed by atoms with van der Waals surface area (Å²) in [7, 11) is -3.10. The van der Waals surface area contributed by atoms with Gasteiger partial charge in [-0.15, -0.1) is 0 Å². The molecule has 5 N–H and O–H groups in total. The van der Waals surface area contributed by atoms with Gasteiger partial charge in [0.05, 0.1) is 12.9 Å². The van der Waals surface area contributed by atoms with Gasteiger partial charge in [-0.1, -0.05) is 18.2 Å². The summed E-state index contributed by atoms with van der Waals surface area (Å²) >= 11 is 0. The van der Waals surface area contributed by atoms with Crippen LogP contribution in [0.25, 0.3) is 11.2 Å². The van der Waals surface area contributed by atoms with E-state index < -0.39 is 49.2 Å². The number of para-hydroxylation sites is 1. The molecular weight excluding hydrogens is 555 g/mol. The van der Waals surface area contributed by atoms with Crippen LogP contribution in [0, 0.1) is 0 Å². The molecule has 40 heavy (non-hydrogen) atoms. The number of aliphatic hydroxyl groups is 1. The predicted molar refractivity (Wildman–Crippen MR) is 136 cm³/mol. The molecule has 0 bridgehead atoms. The van der Waals surface area contributed by atoms with Crippen LogP contribution in [-0.2, 0) is 23.4 Å². The third-order valence-electron chi connectivity index (χ3n) is 6.78. The molecule has 2 fully saturated rings. The summed E-state index contributed by atoms with van der Waals surface area (Å²) in [4.78, 5) is 24.4. The summed E-state index contributed by atoms with van der Waals surface area (Å²) < 4.78 is 68.6. The van der Waals surface area contributed by atoms with Gasteiger partial charge < -0.3 is 30.2 Å². The number of nitrogens with one attached hydrogen (secondary N) is 2. The van der Waals surface area contributed by atoms with E-state index in [0.717, 1.165) is 17.8 Å². The first kappa shape index (κ1) is 28.1. The van der Waals surface area contributed by atoms with Gasteiger partial charge in [0.25, 0.3) is 5.85 Å². The standard InChI is InChI=1S/C23H28F2N7O7P/c1-5-36-17(33)12(2)31-40(35,38-13-9-7-6-8-10-13)39-18-22(34)21(3,24)19(37-23(18,22)25)32-11-28-14-15(27-4)29-20(26)30-16(14)32/h6-12,18-19,34H,5H2,1-4H3,(H,31,35)(H3,26,27,29,30)/t12-,18-,19+,21-,22-,23+,40+/m0/s1. The number of hydrogen-bond donors (Lipinski definition) is 4. The number of ether oxygens (including phenoxy) is 2. The molecule has 1 saturated heterocycles. The number of imidazole rings is 1. The molecule has 216 valence electrons. The third-order valence-corrected chi connectivity index (χ3v) is 8.42. The van der Waals surface area contributed by atoms with Crippen molar-refractivity contribution in [3.8, 4) is 5.75 Å². The van der Waals surface area contributed by atoms with Crippen molar-refractivity contribution in [2.75, 3.05) is 24.7 Å². The van der Waals surface area contributed by atoms with Gasteiger partial charge in [-0.3, -0.25) is 13.9 Å². The third kappa shape index (κ3) is 4.18. The summed E-state index contributed by atoms with van der Waals surface area (Å²) in [6.45, 7) is 3.83. The second kappa shape index (κ2) is 9.59. The molecule has 3 aromatic rings. The van der Waals surface area contributed by atoms with E-state index in [4.69, 9.17) is 24.3 Å². The van der Waals surface area contributed by atoms with Crippen LogP contribution in [0.3, 0.4) is 0 Å². The normalized spacial score (nSPS) is 31.3. The maximum atomic E-state index is 16.4. The molecule has 14 nitrogen and oxygen atoms in total. The van der Waals surface area contributed by atoms with Crippen LogP contribution in [0.1, 0.15) is 27.0 Å². The quantitative estimate of drug-likeness (QED) is 0.201. The van der Waals surface area contributed by atoms with E-state index in [-0.39, 0.29) is 35.3 Å². The molecule has 1 aromatic carbocycles. The minimum Gasteiger partial charge on any atom is -0.465 e. The van der Waals surface area contributed by atoms with E-state index in [1.54, 1.807) is 32.2 Å². The number of carbonyl (C=O) groups excluding carboxylic acids is 1. The number of nitrogens with zero attached hydrogens (tertiary/aromatic N) is 4. The fraction of sp³-hybridized carbons (Fsp3) is 0.478. The van der Waals surface area contributed by atoms with Gasteiger partial charge in [0.15, 0.2) is 40.6 Å². The number of nitrogens with two attached hydrogens (primary N) is 1. The van der Waals surface area contributed by atoms with Gasteiger partial charge in [0, 0.05) is 7.05 Å². The zero-order valence-electron chi connectivity index (χ0n) is 21.9. The maximum Gasteiger partial charge on any atom is 0.460 e. The van der Waals surface area contributed by atoms with Crippen LogP contribution in [0.15, 0.2) is 36.7 Å². The Kier molecular flexibility index (Phi) is 6.74. The fourth-order valence-electron chi connectivity index (χ4n) is 4.71. The first-order chi connectivity index (χ1) is 18.8. The molecule has 3 heterocycles. The molecule has 0 unspecified atom stereocenters. The number of anilines is 2. The van der Waals surface area contributed by atoms with Crippen molar-refractivity contribution in [2.45, 2.75) is 56.3 Å². The van der Waals surface area contributed by atoms with Crippen molar-refractivity contribution < 1.29 is 41.8 Å². The highest BCUT2D eigenvalue weighted by Gasteiger charge is 2.96.